The minimum absolute atomic E-state index is 0.0630. The van der Waals surface area contributed by atoms with Gasteiger partial charge in [-0.05, 0) is 74.0 Å². The molecule has 40 heavy (non-hydrogen) atoms. The maximum atomic E-state index is 13.6. The highest BCUT2D eigenvalue weighted by molar-refractivity contribution is 5.97. The summed E-state index contributed by atoms with van der Waals surface area (Å²) in [5, 5.41) is 27.0. The summed E-state index contributed by atoms with van der Waals surface area (Å²) in [6.07, 6.45) is 3.28. The van der Waals surface area contributed by atoms with E-state index >= 15 is 0 Å². The first-order chi connectivity index (χ1) is 19.2. The zero-order valence-electron chi connectivity index (χ0n) is 22.9. The van der Waals surface area contributed by atoms with Gasteiger partial charge in [0.15, 0.2) is 0 Å². The Kier molecular flexibility index (Phi) is 10.2. The number of likely N-dealkylation sites (tertiary alicyclic amines) is 1. The molecule has 4 rings (SSSR count). The number of carbonyl (C=O) groups is 1. The Bertz CT molecular complexity index is 1180. The summed E-state index contributed by atoms with van der Waals surface area (Å²) in [5.74, 6) is -1.03. The number of nitrogens with zero attached hydrogens (tertiary/aromatic N) is 2. The van der Waals surface area contributed by atoms with Crippen LogP contribution in [0.3, 0.4) is 0 Å². The highest BCUT2D eigenvalue weighted by Gasteiger charge is 2.44. The SMILES string of the molecule is N#Cc1ccc(NC(=O)C(O)(Cc2cccc(CNCCN3CCCCC3)c2)C2CCCCC2)cc1C(F)(F)F. The normalized spacial score (nSPS) is 18.6. The van der Waals surface area contributed by atoms with Crippen LogP contribution in [0.25, 0.3) is 0 Å². The molecule has 2 aromatic rings. The van der Waals surface area contributed by atoms with E-state index in [4.69, 9.17) is 5.26 Å². The van der Waals surface area contributed by atoms with Crippen LogP contribution in [0.15, 0.2) is 42.5 Å². The molecule has 1 unspecified atom stereocenters. The van der Waals surface area contributed by atoms with Crippen molar-refractivity contribution in [1.29, 1.82) is 5.26 Å². The highest BCUT2D eigenvalue weighted by Crippen LogP contribution is 2.37. The van der Waals surface area contributed by atoms with Crippen molar-refractivity contribution in [3.05, 3.63) is 64.7 Å². The van der Waals surface area contributed by atoms with Gasteiger partial charge in [0.05, 0.1) is 17.2 Å². The lowest BCUT2D eigenvalue weighted by Gasteiger charge is -2.37. The average molecular weight is 557 g/mol. The molecular formula is C31H39F3N4O2. The van der Waals surface area contributed by atoms with Crippen LogP contribution in [0, 0.1) is 17.2 Å². The molecule has 1 aliphatic heterocycles. The fourth-order valence-electron chi connectivity index (χ4n) is 6.00. The number of aliphatic hydroxyl groups is 1. The highest BCUT2D eigenvalue weighted by atomic mass is 19.4. The van der Waals surface area contributed by atoms with Crippen molar-refractivity contribution in [3.63, 3.8) is 0 Å². The Morgan fingerprint density at radius 1 is 1.00 bits per heavy atom. The summed E-state index contributed by atoms with van der Waals surface area (Å²) in [6.45, 7) is 4.86. The summed E-state index contributed by atoms with van der Waals surface area (Å²) in [5.41, 5.74) is -1.67. The van der Waals surface area contributed by atoms with Gasteiger partial charge < -0.3 is 20.6 Å². The van der Waals surface area contributed by atoms with Crippen molar-refractivity contribution < 1.29 is 23.1 Å². The lowest BCUT2D eigenvalue weighted by Crippen LogP contribution is -2.51. The molecule has 216 valence electrons. The molecule has 9 heteroatoms. The van der Waals surface area contributed by atoms with Gasteiger partial charge in [0.25, 0.3) is 5.91 Å². The van der Waals surface area contributed by atoms with E-state index in [1.807, 2.05) is 24.3 Å². The molecule has 6 nitrogen and oxygen atoms in total. The number of halogens is 3. The van der Waals surface area contributed by atoms with Crippen LogP contribution in [-0.2, 0) is 23.9 Å². The molecule has 2 aromatic carbocycles. The largest absolute Gasteiger partial charge is 0.417 e. The second-order valence-electron chi connectivity index (χ2n) is 11.2. The number of benzene rings is 2. The molecule has 0 aromatic heterocycles. The molecule has 1 heterocycles. The molecule has 2 aliphatic rings. The zero-order chi connectivity index (χ0) is 28.6. The molecule has 0 bridgehead atoms. The summed E-state index contributed by atoms with van der Waals surface area (Å²) in [4.78, 5) is 16.0. The van der Waals surface area contributed by atoms with E-state index in [0.29, 0.717) is 19.4 Å². The molecule has 0 radical (unpaired) electrons. The lowest BCUT2D eigenvalue weighted by atomic mass is 9.73. The van der Waals surface area contributed by atoms with Gasteiger partial charge in [-0.1, -0.05) is 49.9 Å². The summed E-state index contributed by atoms with van der Waals surface area (Å²) >= 11 is 0. The fraction of sp³-hybridized carbons (Fsp3) is 0.548. The van der Waals surface area contributed by atoms with Gasteiger partial charge in [-0.25, -0.2) is 0 Å². The van der Waals surface area contributed by atoms with Crippen LogP contribution in [0.2, 0.25) is 0 Å². The molecule has 3 N–H and O–H groups in total. The predicted octanol–water partition coefficient (Wildman–Crippen LogP) is 5.65. The minimum atomic E-state index is -4.74. The van der Waals surface area contributed by atoms with Crippen LogP contribution in [0.4, 0.5) is 18.9 Å². The monoisotopic (exact) mass is 556 g/mol. The number of amides is 1. The smallest absolute Gasteiger partial charge is 0.379 e. The number of alkyl halides is 3. The summed E-state index contributed by atoms with van der Waals surface area (Å²) < 4.78 is 40.5. The quantitative estimate of drug-likeness (QED) is 0.330. The topological polar surface area (TPSA) is 88.4 Å². The van der Waals surface area contributed by atoms with E-state index in [9.17, 15) is 23.1 Å². The van der Waals surface area contributed by atoms with Crippen molar-refractivity contribution >= 4 is 11.6 Å². The van der Waals surface area contributed by atoms with Crippen LogP contribution in [0.1, 0.15) is 73.6 Å². The predicted molar refractivity (Wildman–Crippen MR) is 148 cm³/mol. The van der Waals surface area contributed by atoms with Crippen molar-refractivity contribution in [2.24, 2.45) is 5.92 Å². The molecule has 1 amide bonds. The number of nitrogens with one attached hydrogen (secondary N) is 2. The second kappa shape index (κ2) is 13.6. The first-order valence-electron chi connectivity index (χ1n) is 14.3. The number of piperidine rings is 1. The molecular weight excluding hydrogens is 517 g/mol. The number of carbonyl (C=O) groups excluding carboxylic acids is 1. The number of anilines is 1. The van der Waals surface area contributed by atoms with Crippen LogP contribution in [-0.4, -0.2) is 47.7 Å². The Hall–Kier alpha value is -2.93. The van der Waals surface area contributed by atoms with E-state index in [1.165, 1.54) is 25.3 Å². The van der Waals surface area contributed by atoms with E-state index in [1.54, 1.807) is 6.07 Å². The molecule has 1 saturated heterocycles. The minimum Gasteiger partial charge on any atom is -0.379 e. The molecule has 1 saturated carbocycles. The zero-order valence-corrected chi connectivity index (χ0v) is 22.9. The molecule has 1 atom stereocenters. The second-order valence-corrected chi connectivity index (χ2v) is 11.2. The Morgan fingerprint density at radius 2 is 1.70 bits per heavy atom. The summed E-state index contributed by atoms with van der Waals surface area (Å²) in [6, 6.07) is 12.4. The Morgan fingerprint density at radius 3 is 2.40 bits per heavy atom. The van der Waals surface area contributed by atoms with Gasteiger partial charge in [-0.15, -0.1) is 0 Å². The first kappa shape index (κ1) is 30.0. The van der Waals surface area contributed by atoms with Gasteiger partial charge in [-0.2, -0.15) is 18.4 Å². The third-order valence-electron chi connectivity index (χ3n) is 8.22. The van der Waals surface area contributed by atoms with Gasteiger partial charge in [-0.3, -0.25) is 4.79 Å². The van der Waals surface area contributed by atoms with Crippen molar-refractivity contribution in [2.75, 3.05) is 31.5 Å². The fourth-order valence-corrected chi connectivity index (χ4v) is 6.00. The number of hydrogen-bond donors (Lipinski definition) is 3. The third-order valence-corrected chi connectivity index (χ3v) is 8.22. The van der Waals surface area contributed by atoms with Crippen molar-refractivity contribution in [2.45, 2.75) is 76.1 Å². The van der Waals surface area contributed by atoms with Gasteiger partial charge in [0.2, 0.25) is 0 Å². The first-order valence-corrected chi connectivity index (χ1v) is 14.3. The van der Waals surface area contributed by atoms with E-state index in [2.05, 4.69) is 15.5 Å². The third kappa shape index (κ3) is 7.84. The van der Waals surface area contributed by atoms with E-state index in [0.717, 1.165) is 68.7 Å². The van der Waals surface area contributed by atoms with Crippen LogP contribution >= 0.6 is 0 Å². The Balaban J connectivity index is 1.47. The number of nitriles is 1. The van der Waals surface area contributed by atoms with E-state index < -0.39 is 28.8 Å². The van der Waals surface area contributed by atoms with E-state index in [-0.39, 0.29) is 18.0 Å². The standard InChI is InChI=1S/C31H39F3N4O2/c32-31(33,34)28-19-27(13-12-25(28)21-35)37-29(39)30(40,26-10-3-1-4-11-26)20-23-8-7-9-24(18-23)22-36-14-17-38-15-5-2-6-16-38/h7-9,12-13,18-19,26,36,40H,1-6,10-11,14-17,20,22H2,(H,37,39). The summed E-state index contributed by atoms with van der Waals surface area (Å²) in [7, 11) is 0. The number of hydrogen-bond acceptors (Lipinski definition) is 5. The van der Waals surface area contributed by atoms with Gasteiger partial charge >= 0.3 is 6.18 Å². The van der Waals surface area contributed by atoms with Crippen molar-refractivity contribution in [3.8, 4) is 6.07 Å². The van der Waals surface area contributed by atoms with Crippen LogP contribution in [0.5, 0.6) is 0 Å². The lowest BCUT2D eigenvalue weighted by molar-refractivity contribution is -0.142. The number of rotatable bonds is 10. The van der Waals surface area contributed by atoms with Crippen LogP contribution < -0.4 is 10.6 Å². The maximum Gasteiger partial charge on any atom is 0.417 e. The van der Waals surface area contributed by atoms with Gasteiger partial charge in [0, 0.05) is 31.7 Å². The maximum absolute atomic E-state index is 13.6. The van der Waals surface area contributed by atoms with Crippen molar-refractivity contribution in [1.82, 2.24) is 10.2 Å². The molecule has 0 spiro atoms. The Labute approximate surface area is 234 Å². The average Bonchev–Trinajstić information content (AvgIpc) is 2.96. The van der Waals surface area contributed by atoms with Gasteiger partial charge in [0.1, 0.15) is 5.60 Å². The molecule has 1 aliphatic carbocycles. The molecule has 2 fully saturated rings.